The van der Waals surface area contributed by atoms with Crippen molar-refractivity contribution in [3.63, 3.8) is 0 Å². The minimum Gasteiger partial charge on any atom is -0.298 e. The van der Waals surface area contributed by atoms with Crippen LogP contribution in [-0.4, -0.2) is 57.3 Å². The van der Waals surface area contributed by atoms with Gasteiger partial charge >= 0.3 is 0 Å². The Morgan fingerprint density at radius 3 is 1.64 bits per heavy atom. The summed E-state index contributed by atoms with van der Waals surface area (Å²) < 4.78 is 2.00. The Morgan fingerprint density at radius 2 is 1.36 bits per heavy atom. The molecule has 0 saturated carbocycles. The molecule has 0 amide bonds. The van der Waals surface area contributed by atoms with Gasteiger partial charge in [-0.25, -0.2) is 0 Å². The maximum Gasteiger partial charge on any atom is 0.0678 e. The first-order valence-electron chi connectivity index (χ1n) is 9.87. The van der Waals surface area contributed by atoms with Crippen LogP contribution in [0.4, 0.5) is 0 Å². The number of nitrogens with zero attached hydrogens (tertiary/aromatic N) is 4. The van der Waals surface area contributed by atoms with Crippen LogP contribution in [0.5, 0.6) is 0 Å². The van der Waals surface area contributed by atoms with E-state index in [0.29, 0.717) is 17.6 Å². The van der Waals surface area contributed by atoms with Crippen LogP contribution in [0, 0.1) is 0 Å². The summed E-state index contributed by atoms with van der Waals surface area (Å²) in [4.78, 5) is 5.13. The molecule has 0 aliphatic carbocycles. The Morgan fingerprint density at radius 1 is 0.840 bits per heavy atom. The molecule has 146 valence electrons. The molecule has 1 aromatic heterocycles. The molecule has 0 aromatic carbocycles. The highest BCUT2D eigenvalue weighted by Gasteiger charge is 2.26. The van der Waals surface area contributed by atoms with Gasteiger partial charge in [0.2, 0.25) is 0 Å². The molecule has 0 bridgehead atoms. The van der Waals surface area contributed by atoms with Crippen molar-refractivity contribution in [3.05, 3.63) is 18.0 Å². The Hall–Kier alpha value is -0.870. The van der Waals surface area contributed by atoms with E-state index in [1.165, 1.54) is 26.2 Å². The molecule has 1 aliphatic heterocycles. The molecular weight excluding hydrogens is 308 g/mol. The standard InChI is InChI=1S/C11H24N2.C10H18N2/c1-10(2)12-6-8-13(9-7-12)11(3,4)5;1-8(2)12-7-6-9(11-12)10(3,4)5/h10H,6-9H2,1-5H3;6-8H,1-5H3. The third-order valence-corrected chi connectivity index (χ3v) is 4.90. The Labute approximate surface area is 156 Å². The summed E-state index contributed by atoms with van der Waals surface area (Å²) >= 11 is 0. The monoisotopic (exact) mass is 350 g/mol. The van der Waals surface area contributed by atoms with Gasteiger partial charge < -0.3 is 0 Å². The number of aromatic nitrogens is 2. The van der Waals surface area contributed by atoms with E-state index in [4.69, 9.17) is 0 Å². The molecular formula is C21H42N4. The molecule has 4 heteroatoms. The van der Waals surface area contributed by atoms with Gasteiger partial charge in [-0.2, -0.15) is 5.10 Å². The molecule has 2 rings (SSSR count). The molecule has 1 fully saturated rings. The fourth-order valence-electron chi connectivity index (χ4n) is 2.93. The molecule has 0 radical (unpaired) electrons. The maximum atomic E-state index is 4.50. The molecule has 0 N–H and O–H groups in total. The zero-order chi connectivity index (χ0) is 19.4. The summed E-state index contributed by atoms with van der Waals surface area (Å²) in [5, 5.41) is 4.50. The Balaban J connectivity index is 0.000000251. The van der Waals surface area contributed by atoms with Crippen molar-refractivity contribution < 1.29 is 0 Å². The van der Waals surface area contributed by atoms with Crippen LogP contribution in [-0.2, 0) is 5.41 Å². The van der Waals surface area contributed by atoms with Gasteiger partial charge in [0.05, 0.1) is 5.69 Å². The Bertz CT molecular complexity index is 495. The molecule has 0 atom stereocenters. The van der Waals surface area contributed by atoms with Crippen molar-refractivity contribution in [1.82, 2.24) is 19.6 Å². The summed E-state index contributed by atoms with van der Waals surface area (Å²) in [5.41, 5.74) is 1.68. The quantitative estimate of drug-likeness (QED) is 0.781. The van der Waals surface area contributed by atoms with E-state index < -0.39 is 0 Å². The zero-order valence-electron chi connectivity index (χ0n) is 18.4. The summed E-state index contributed by atoms with van der Waals surface area (Å²) in [6.07, 6.45) is 2.05. The second-order valence-electron chi connectivity index (χ2n) is 9.81. The highest BCUT2D eigenvalue weighted by Crippen LogP contribution is 2.20. The summed E-state index contributed by atoms with van der Waals surface area (Å²) in [5.74, 6) is 0. The third kappa shape index (κ3) is 7.10. The van der Waals surface area contributed by atoms with Gasteiger partial charge in [-0.3, -0.25) is 14.5 Å². The van der Waals surface area contributed by atoms with Crippen molar-refractivity contribution >= 4 is 0 Å². The predicted molar refractivity (Wildman–Crippen MR) is 109 cm³/mol. The van der Waals surface area contributed by atoms with E-state index >= 15 is 0 Å². The first kappa shape index (κ1) is 22.2. The van der Waals surface area contributed by atoms with Gasteiger partial charge in [-0.1, -0.05) is 20.8 Å². The molecule has 1 aromatic rings. The lowest BCUT2D eigenvalue weighted by Gasteiger charge is -2.43. The van der Waals surface area contributed by atoms with Gasteiger partial charge in [0.15, 0.2) is 0 Å². The molecule has 0 spiro atoms. The maximum absolute atomic E-state index is 4.50. The molecule has 25 heavy (non-hydrogen) atoms. The molecule has 2 heterocycles. The molecule has 1 saturated heterocycles. The number of rotatable bonds is 2. The predicted octanol–water partition coefficient (Wildman–Crippen LogP) is 4.57. The second kappa shape index (κ2) is 8.68. The van der Waals surface area contributed by atoms with E-state index in [0.717, 1.165) is 5.69 Å². The van der Waals surface area contributed by atoms with Crippen molar-refractivity contribution in [3.8, 4) is 0 Å². The van der Waals surface area contributed by atoms with Gasteiger partial charge in [0, 0.05) is 55.4 Å². The lowest BCUT2D eigenvalue weighted by Crippen LogP contribution is -2.54. The van der Waals surface area contributed by atoms with E-state index in [1.54, 1.807) is 0 Å². The number of hydrogen-bond donors (Lipinski definition) is 0. The van der Waals surface area contributed by atoms with Crippen molar-refractivity contribution in [2.75, 3.05) is 26.2 Å². The normalized spacial score (nSPS) is 17.8. The first-order valence-corrected chi connectivity index (χ1v) is 9.87. The largest absolute Gasteiger partial charge is 0.298 e. The zero-order valence-corrected chi connectivity index (χ0v) is 18.4. The average Bonchev–Trinajstić information content (AvgIpc) is 2.97. The van der Waals surface area contributed by atoms with Crippen LogP contribution < -0.4 is 0 Å². The Kier molecular flexibility index (Phi) is 7.70. The van der Waals surface area contributed by atoms with Crippen LogP contribution in [0.3, 0.4) is 0 Å². The molecule has 0 unspecified atom stereocenters. The van der Waals surface area contributed by atoms with Gasteiger partial charge in [0.1, 0.15) is 0 Å². The van der Waals surface area contributed by atoms with E-state index in [2.05, 4.69) is 90.2 Å². The molecule has 1 aliphatic rings. The third-order valence-electron chi connectivity index (χ3n) is 4.90. The number of hydrogen-bond acceptors (Lipinski definition) is 3. The SMILES string of the molecule is CC(C)N1CCN(C(C)(C)C)CC1.CC(C)n1ccc(C(C)(C)C)n1. The lowest BCUT2D eigenvalue weighted by molar-refractivity contribution is 0.0491. The summed E-state index contributed by atoms with van der Waals surface area (Å²) in [6.45, 7) is 27.2. The van der Waals surface area contributed by atoms with Crippen molar-refractivity contribution in [2.45, 2.75) is 92.3 Å². The van der Waals surface area contributed by atoms with Crippen LogP contribution in [0.1, 0.15) is 81.0 Å². The van der Waals surface area contributed by atoms with E-state index in [1.807, 2.05) is 10.9 Å². The highest BCUT2D eigenvalue weighted by atomic mass is 15.3. The van der Waals surface area contributed by atoms with E-state index in [-0.39, 0.29) is 5.41 Å². The minimum atomic E-state index is 0.167. The second-order valence-corrected chi connectivity index (χ2v) is 9.81. The van der Waals surface area contributed by atoms with Gasteiger partial charge in [0.25, 0.3) is 0 Å². The number of piperazine rings is 1. The van der Waals surface area contributed by atoms with Crippen molar-refractivity contribution in [1.29, 1.82) is 0 Å². The fourth-order valence-corrected chi connectivity index (χ4v) is 2.93. The lowest BCUT2D eigenvalue weighted by atomic mass is 9.93. The summed E-state index contributed by atoms with van der Waals surface area (Å²) in [6, 6.07) is 3.27. The average molecular weight is 351 g/mol. The topological polar surface area (TPSA) is 24.3 Å². The van der Waals surface area contributed by atoms with Crippen molar-refractivity contribution in [2.24, 2.45) is 0 Å². The fraction of sp³-hybridized carbons (Fsp3) is 0.857. The van der Waals surface area contributed by atoms with Crippen LogP contribution in [0.2, 0.25) is 0 Å². The highest BCUT2D eigenvalue weighted by molar-refractivity contribution is 5.10. The van der Waals surface area contributed by atoms with Crippen LogP contribution >= 0.6 is 0 Å². The smallest absolute Gasteiger partial charge is 0.0678 e. The van der Waals surface area contributed by atoms with Gasteiger partial charge in [-0.05, 0) is 54.5 Å². The van der Waals surface area contributed by atoms with E-state index in [9.17, 15) is 0 Å². The van der Waals surface area contributed by atoms with Crippen LogP contribution in [0.15, 0.2) is 12.3 Å². The van der Waals surface area contributed by atoms with Gasteiger partial charge in [-0.15, -0.1) is 0 Å². The summed E-state index contributed by atoms with van der Waals surface area (Å²) in [7, 11) is 0. The minimum absolute atomic E-state index is 0.167. The molecule has 4 nitrogen and oxygen atoms in total. The first-order chi connectivity index (χ1) is 11.3. The van der Waals surface area contributed by atoms with Crippen LogP contribution in [0.25, 0.3) is 0 Å².